The number of unbranched alkanes of at least 4 members (excludes halogenated alkanes) is 3. The molecule has 4 nitrogen and oxygen atoms in total. The second-order valence-corrected chi connectivity index (χ2v) is 6.51. The number of aliphatic hydroxyl groups is 4. The van der Waals surface area contributed by atoms with Crippen LogP contribution in [-0.4, -0.2) is 68.4 Å². The SMILES string of the molecule is [Li][CH2]CCC(CC)C(O)O.[Li][CH2]CCCCCC(CC)C(O)O. The summed E-state index contributed by atoms with van der Waals surface area (Å²) in [7, 11) is 0. The predicted molar refractivity (Wildman–Crippen MR) is 97.5 cm³/mol. The first-order valence-electron chi connectivity index (χ1n) is 9.66. The monoisotopic (exact) mass is 318 g/mol. The van der Waals surface area contributed by atoms with Gasteiger partial charge in [-0.1, -0.05) is 0 Å². The molecule has 2 unspecified atom stereocenters. The third kappa shape index (κ3) is 17.6. The Kier molecular flexibility index (Phi) is 22.1. The van der Waals surface area contributed by atoms with Crippen molar-refractivity contribution in [1.82, 2.24) is 0 Å². The van der Waals surface area contributed by atoms with Gasteiger partial charge in [-0.2, -0.15) is 0 Å². The van der Waals surface area contributed by atoms with Crippen LogP contribution in [0.5, 0.6) is 0 Å². The molecule has 0 bridgehead atoms. The van der Waals surface area contributed by atoms with Gasteiger partial charge in [0.25, 0.3) is 0 Å². The van der Waals surface area contributed by atoms with E-state index in [0.29, 0.717) is 0 Å². The molecule has 130 valence electrons. The molecular weight excluding hydrogens is 282 g/mol. The maximum absolute atomic E-state index is 8.97. The number of hydrogen-bond acceptors (Lipinski definition) is 4. The van der Waals surface area contributed by atoms with E-state index in [-0.39, 0.29) is 11.8 Å². The van der Waals surface area contributed by atoms with E-state index in [0.717, 1.165) is 43.6 Å². The Balaban J connectivity index is 0. The number of rotatable bonds is 13. The fourth-order valence-electron chi connectivity index (χ4n) is 2.60. The summed E-state index contributed by atoms with van der Waals surface area (Å²) in [5.74, 6) is 0.168. The Morgan fingerprint density at radius 3 is 1.35 bits per heavy atom. The molecular formula is C17H36Li2O4. The van der Waals surface area contributed by atoms with Crippen molar-refractivity contribution in [3.8, 4) is 0 Å². The van der Waals surface area contributed by atoms with Crippen molar-refractivity contribution < 1.29 is 20.4 Å². The molecule has 0 aliphatic rings. The molecule has 0 aromatic heterocycles. The first-order chi connectivity index (χ1) is 10.9. The van der Waals surface area contributed by atoms with Crippen LogP contribution in [0.2, 0.25) is 10.2 Å². The molecule has 0 heterocycles. The summed E-state index contributed by atoms with van der Waals surface area (Å²) in [4.78, 5) is 0. The van der Waals surface area contributed by atoms with Crippen molar-refractivity contribution in [2.45, 2.75) is 94.4 Å². The van der Waals surface area contributed by atoms with Gasteiger partial charge < -0.3 is 0 Å². The fourth-order valence-corrected chi connectivity index (χ4v) is 2.60. The molecule has 0 aromatic rings. The van der Waals surface area contributed by atoms with Crippen LogP contribution in [0.4, 0.5) is 0 Å². The molecule has 0 rings (SSSR count). The van der Waals surface area contributed by atoms with E-state index >= 15 is 0 Å². The molecule has 4 N–H and O–H groups in total. The van der Waals surface area contributed by atoms with Gasteiger partial charge in [0, 0.05) is 0 Å². The first-order valence-corrected chi connectivity index (χ1v) is 9.66. The Hall–Kier alpha value is 1.03. The summed E-state index contributed by atoms with van der Waals surface area (Å²) in [6.45, 7) is 4.00. The second-order valence-electron chi connectivity index (χ2n) is 6.51. The second kappa shape index (κ2) is 19.4. The van der Waals surface area contributed by atoms with Crippen LogP contribution in [0.1, 0.15) is 71.6 Å². The van der Waals surface area contributed by atoms with Gasteiger partial charge in [0.15, 0.2) is 0 Å². The van der Waals surface area contributed by atoms with Crippen LogP contribution in [0, 0.1) is 11.8 Å². The summed E-state index contributed by atoms with van der Waals surface area (Å²) in [5.41, 5.74) is 0. The van der Waals surface area contributed by atoms with Crippen LogP contribution in [0.15, 0.2) is 0 Å². The van der Waals surface area contributed by atoms with E-state index in [2.05, 4.69) is 35.4 Å². The average Bonchev–Trinajstić information content (AvgIpc) is 2.51. The average molecular weight is 318 g/mol. The topological polar surface area (TPSA) is 80.9 Å². The van der Waals surface area contributed by atoms with Gasteiger partial charge >= 0.3 is 162 Å². The van der Waals surface area contributed by atoms with Gasteiger partial charge in [-0.3, -0.25) is 0 Å². The third-order valence-corrected chi connectivity index (χ3v) is 4.50. The van der Waals surface area contributed by atoms with Crippen LogP contribution < -0.4 is 0 Å². The molecule has 0 amide bonds. The van der Waals surface area contributed by atoms with Gasteiger partial charge in [-0.05, 0) is 0 Å². The Morgan fingerprint density at radius 2 is 1.00 bits per heavy atom. The molecule has 0 aliphatic heterocycles. The zero-order valence-electron chi connectivity index (χ0n) is 15.9. The Bertz CT molecular complexity index is 229. The Morgan fingerprint density at radius 1 is 0.609 bits per heavy atom. The summed E-state index contributed by atoms with van der Waals surface area (Å²) >= 11 is 4.31. The normalized spacial score (nSPS) is 13.9. The van der Waals surface area contributed by atoms with Crippen LogP contribution >= 0.6 is 0 Å². The minimum atomic E-state index is -1.11. The van der Waals surface area contributed by atoms with E-state index in [4.69, 9.17) is 20.4 Å². The molecule has 0 aliphatic carbocycles. The van der Waals surface area contributed by atoms with Crippen LogP contribution in [-0.2, 0) is 0 Å². The van der Waals surface area contributed by atoms with Crippen molar-refractivity contribution in [3.63, 3.8) is 0 Å². The summed E-state index contributed by atoms with van der Waals surface area (Å²) in [5, 5.41) is 37.9. The zero-order chi connectivity index (χ0) is 18.1. The van der Waals surface area contributed by atoms with E-state index < -0.39 is 12.6 Å². The molecule has 23 heavy (non-hydrogen) atoms. The zero-order valence-corrected chi connectivity index (χ0v) is 15.9. The molecule has 6 heteroatoms. The molecule has 2 atom stereocenters. The van der Waals surface area contributed by atoms with Crippen molar-refractivity contribution in [2.24, 2.45) is 11.8 Å². The van der Waals surface area contributed by atoms with Crippen LogP contribution in [0.3, 0.4) is 0 Å². The molecule has 0 radical (unpaired) electrons. The van der Waals surface area contributed by atoms with Gasteiger partial charge in [0.2, 0.25) is 0 Å². The van der Waals surface area contributed by atoms with Crippen molar-refractivity contribution >= 4 is 35.4 Å². The van der Waals surface area contributed by atoms with Crippen molar-refractivity contribution in [3.05, 3.63) is 0 Å². The van der Waals surface area contributed by atoms with Crippen molar-refractivity contribution in [2.75, 3.05) is 0 Å². The molecule has 0 saturated heterocycles. The predicted octanol–water partition coefficient (Wildman–Crippen LogP) is 2.55. The Labute approximate surface area is 161 Å². The molecule has 0 spiro atoms. The van der Waals surface area contributed by atoms with Gasteiger partial charge in [0.05, 0.1) is 0 Å². The van der Waals surface area contributed by atoms with E-state index in [1.807, 2.05) is 13.8 Å². The van der Waals surface area contributed by atoms with Gasteiger partial charge in [-0.25, -0.2) is 0 Å². The first kappa shape index (κ1) is 26.3. The summed E-state index contributed by atoms with van der Waals surface area (Å²) in [6, 6.07) is 0. The molecule has 0 fully saturated rings. The van der Waals surface area contributed by atoms with Gasteiger partial charge in [-0.15, -0.1) is 0 Å². The fraction of sp³-hybridized carbons (Fsp3) is 1.00. The summed E-state index contributed by atoms with van der Waals surface area (Å²) in [6.07, 6.45) is 7.44. The standard InChI is InChI=1S/C10H21O2.C7H15O2.2Li/c1-3-5-6-7-8-9(4-2)10(11)12;1-3-5-6(4-2)7(8)9;;/h9-12H,1,3-8H2,2H3;6-9H,1,3-5H2,2H3;;. The van der Waals surface area contributed by atoms with E-state index in [9.17, 15) is 0 Å². The third-order valence-electron chi connectivity index (χ3n) is 4.50. The van der Waals surface area contributed by atoms with E-state index in [1.54, 1.807) is 0 Å². The molecule has 0 saturated carbocycles. The molecule has 0 aromatic carbocycles. The van der Waals surface area contributed by atoms with Gasteiger partial charge in [0.1, 0.15) is 0 Å². The van der Waals surface area contributed by atoms with E-state index in [1.165, 1.54) is 24.4 Å². The maximum atomic E-state index is 8.97. The number of aliphatic hydroxyl groups excluding tert-OH is 2. The number of hydrogen-bond donors (Lipinski definition) is 4. The van der Waals surface area contributed by atoms with Crippen molar-refractivity contribution in [1.29, 1.82) is 0 Å². The summed E-state index contributed by atoms with van der Waals surface area (Å²) < 4.78 is 0. The quantitative estimate of drug-likeness (QED) is 0.239. The minimum absolute atomic E-state index is 0.0833. The van der Waals surface area contributed by atoms with Crippen LogP contribution in [0.25, 0.3) is 0 Å².